The summed E-state index contributed by atoms with van der Waals surface area (Å²) in [4.78, 5) is 0.398. The normalized spacial score (nSPS) is 23.1. The number of sulfonamides is 1. The van der Waals surface area contributed by atoms with Crippen LogP contribution in [0.5, 0.6) is 0 Å². The maximum atomic E-state index is 13.1. The molecule has 21 heavy (non-hydrogen) atoms. The highest BCUT2D eigenvalue weighted by Crippen LogP contribution is 2.34. The molecule has 1 aliphatic carbocycles. The molecule has 1 unspecified atom stereocenters. The van der Waals surface area contributed by atoms with E-state index >= 15 is 0 Å². The first kappa shape index (κ1) is 15.0. The topological polar surface area (TPSA) is 67.2 Å². The van der Waals surface area contributed by atoms with Crippen LogP contribution in [-0.4, -0.2) is 47.7 Å². The average molecular weight is 312 g/mol. The molecule has 1 saturated heterocycles. The predicted octanol–water partition coefficient (Wildman–Crippen LogP) is 0.942. The molecule has 118 valence electrons. The molecule has 1 N–H and O–H groups in total. The van der Waals surface area contributed by atoms with E-state index in [0.29, 0.717) is 17.1 Å². The second-order valence-electron chi connectivity index (χ2n) is 6.22. The molecule has 2 heterocycles. The van der Waals surface area contributed by atoms with Gasteiger partial charge in [-0.3, -0.25) is 4.68 Å². The fraction of sp³-hybridized carbons (Fsp3) is 0.786. The number of hydrogen-bond acceptors (Lipinski definition) is 4. The fourth-order valence-corrected chi connectivity index (χ4v) is 5.31. The van der Waals surface area contributed by atoms with E-state index in [1.807, 2.05) is 6.92 Å². The van der Waals surface area contributed by atoms with Crippen LogP contribution in [0.4, 0.5) is 0 Å². The Hall–Kier alpha value is -0.920. The van der Waals surface area contributed by atoms with Crippen LogP contribution in [0.1, 0.15) is 37.1 Å². The first-order chi connectivity index (χ1) is 9.91. The molecule has 0 radical (unpaired) electrons. The molecule has 1 atom stereocenters. The molecule has 3 rings (SSSR count). The van der Waals surface area contributed by atoms with Crippen molar-refractivity contribution < 1.29 is 8.42 Å². The quantitative estimate of drug-likeness (QED) is 0.879. The Balaban J connectivity index is 1.93. The van der Waals surface area contributed by atoms with Gasteiger partial charge in [-0.2, -0.15) is 9.40 Å². The van der Waals surface area contributed by atoms with Gasteiger partial charge < -0.3 is 5.32 Å². The monoisotopic (exact) mass is 312 g/mol. The second kappa shape index (κ2) is 5.37. The Morgan fingerprint density at radius 1 is 1.33 bits per heavy atom. The molecular weight excluding hydrogens is 288 g/mol. The second-order valence-corrected chi connectivity index (χ2v) is 8.05. The third-order valence-electron chi connectivity index (χ3n) is 4.53. The van der Waals surface area contributed by atoms with Gasteiger partial charge in [-0.25, -0.2) is 8.42 Å². The van der Waals surface area contributed by atoms with Crippen molar-refractivity contribution in [2.45, 2.75) is 56.5 Å². The molecule has 1 aromatic heterocycles. The van der Waals surface area contributed by atoms with Crippen molar-refractivity contribution in [3.8, 4) is 0 Å². The number of rotatable bonds is 5. The number of nitrogens with zero attached hydrogens (tertiary/aromatic N) is 3. The zero-order valence-electron chi connectivity index (χ0n) is 13.0. The van der Waals surface area contributed by atoms with Crippen LogP contribution in [0, 0.1) is 13.8 Å². The summed E-state index contributed by atoms with van der Waals surface area (Å²) in [7, 11) is -1.66. The summed E-state index contributed by atoms with van der Waals surface area (Å²) >= 11 is 0. The van der Waals surface area contributed by atoms with Crippen molar-refractivity contribution in [1.29, 1.82) is 0 Å². The van der Waals surface area contributed by atoms with Crippen molar-refractivity contribution in [3.05, 3.63) is 11.4 Å². The van der Waals surface area contributed by atoms with Gasteiger partial charge in [0.05, 0.1) is 11.4 Å². The highest BCUT2D eigenvalue weighted by Gasteiger charge is 2.41. The third-order valence-corrected chi connectivity index (χ3v) is 6.70. The number of hydrogen-bond donors (Lipinski definition) is 1. The Morgan fingerprint density at radius 3 is 2.52 bits per heavy atom. The minimum Gasteiger partial charge on any atom is -0.313 e. The smallest absolute Gasteiger partial charge is 0.247 e. The van der Waals surface area contributed by atoms with Gasteiger partial charge in [-0.05, 0) is 46.1 Å². The standard InChI is InChI=1S/C14H24N4O2S/c1-10-14(11(2)17(3)16-10)21(19,20)18(13-6-7-13)9-12-5-4-8-15-12/h12-13,15H,4-9H2,1-3H3. The van der Waals surface area contributed by atoms with Crippen LogP contribution in [0.15, 0.2) is 4.90 Å². The molecular formula is C14H24N4O2S. The summed E-state index contributed by atoms with van der Waals surface area (Å²) in [6, 6.07) is 0.467. The number of aromatic nitrogens is 2. The van der Waals surface area contributed by atoms with Crippen molar-refractivity contribution in [2.75, 3.05) is 13.1 Å². The van der Waals surface area contributed by atoms with Gasteiger partial charge in [0.2, 0.25) is 10.0 Å². The molecule has 7 heteroatoms. The van der Waals surface area contributed by atoms with E-state index in [2.05, 4.69) is 10.4 Å². The van der Waals surface area contributed by atoms with Gasteiger partial charge in [-0.1, -0.05) is 0 Å². The van der Waals surface area contributed by atoms with Crippen LogP contribution in [0.2, 0.25) is 0 Å². The molecule has 6 nitrogen and oxygen atoms in total. The average Bonchev–Trinajstić information content (AvgIpc) is 3.03. The summed E-state index contributed by atoms with van der Waals surface area (Å²) in [5.41, 5.74) is 1.32. The first-order valence-electron chi connectivity index (χ1n) is 7.66. The van der Waals surface area contributed by atoms with Crippen molar-refractivity contribution in [1.82, 2.24) is 19.4 Å². The van der Waals surface area contributed by atoms with E-state index in [-0.39, 0.29) is 12.1 Å². The van der Waals surface area contributed by atoms with Crippen LogP contribution in [0.25, 0.3) is 0 Å². The van der Waals surface area contributed by atoms with E-state index in [4.69, 9.17) is 0 Å². The molecule has 0 aromatic carbocycles. The fourth-order valence-electron chi connectivity index (χ4n) is 3.18. The van der Waals surface area contributed by atoms with E-state index in [1.165, 1.54) is 0 Å². The lowest BCUT2D eigenvalue weighted by Crippen LogP contribution is -2.42. The Bertz CT molecular complexity index is 628. The minimum atomic E-state index is -3.46. The maximum Gasteiger partial charge on any atom is 0.247 e. The number of nitrogens with one attached hydrogen (secondary N) is 1. The largest absolute Gasteiger partial charge is 0.313 e. The van der Waals surface area contributed by atoms with Crippen LogP contribution < -0.4 is 5.32 Å². The maximum absolute atomic E-state index is 13.1. The van der Waals surface area contributed by atoms with Crippen LogP contribution >= 0.6 is 0 Å². The van der Waals surface area contributed by atoms with Gasteiger partial charge in [0.1, 0.15) is 4.90 Å². The highest BCUT2D eigenvalue weighted by molar-refractivity contribution is 7.89. The van der Waals surface area contributed by atoms with E-state index in [1.54, 1.807) is 23.0 Å². The number of aryl methyl sites for hydroxylation is 2. The van der Waals surface area contributed by atoms with Crippen LogP contribution in [0.3, 0.4) is 0 Å². The summed E-state index contributed by atoms with van der Waals surface area (Å²) in [5.74, 6) is 0. The highest BCUT2D eigenvalue weighted by atomic mass is 32.2. The lowest BCUT2D eigenvalue weighted by molar-refractivity contribution is 0.362. The van der Waals surface area contributed by atoms with Gasteiger partial charge in [-0.15, -0.1) is 0 Å². The molecule has 0 bridgehead atoms. The van der Waals surface area contributed by atoms with Crippen LogP contribution in [-0.2, 0) is 17.1 Å². The molecule has 2 aliphatic rings. The van der Waals surface area contributed by atoms with Crippen molar-refractivity contribution in [2.24, 2.45) is 7.05 Å². The first-order valence-corrected chi connectivity index (χ1v) is 9.10. The Kier molecular flexibility index (Phi) is 3.83. The van der Waals surface area contributed by atoms with Gasteiger partial charge in [0.25, 0.3) is 0 Å². The molecule has 1 aromatic rings. The van der Waals surface area contributed by atoms with Gasteiger partial charge in [0.15, 0.2) is 0 Å². The SMILES string of the molecule is Cc1nn(C)c(C)c1S(=O)(=O)N(CC1CCCN1)C1CC1. The molecule has 1 aliphatic heterocycles. The third kappa shape index (κ3) is 2.74. The zero-order chi connectivity index (χ0) is 15.2. The zero-order valence-corrected chi connectivity index (χ0v) is 13.8. The lowest BCUT2D eigenvalue weighted by atomic mass is 10.2. The van der Waals surface area contributed by atoms with E-state index < -0.39 is 10.0 Å². The van der Waals surface area contributed by atoms with E-state index in [9.17, 15) is 8.42 Å². The summed E-state index contributed by atoms with van der Waals surface area (Å²) in [6.45, 7) is 5.18. The molecule has 0 spiro atoms. The lowest BCUT2D eigenvalue weighted by Gasteiger charge is -2.25. The minimum absolute atomic E-state index is 0.177. The molecule has 0 amide bonds. The van der Waals surface area contributed by atoms with Crippen molar-refractivity contribution in [3.63, 3.8) is 0 Å². The summed E-state index contributed by atoms with van der Waals surface area (Å²) < 4.78 is 29.6. The predicted molar refractivity (Wildman–Crippen MR) is 80.6 cm³/mol. The summed E-state index contributed by atoms with van der Waals surface area (Å²) in [5, 5.41) is 7.67. The molecule has 2 fully saturated rings. The van der Waals surface area contributed by atoms with Crippen molar-refractivity contribution >= 4 is 10.0 Å². The Labute approximate surface area is 126 Å². The Morgan fingerprint density at radius 2 is 2.05 bits per heavy atom. The summed E-state index contributed by atoms with van der Waals surface area (Å²) in [6.07, 6.45) is 4.15. The van der Waals surface area contributed by atoms with E-state index in [0.717, 1.165) is 37.9 Å². The van der Waals surface area contributed by atoms with Gasteiger partial charge in [0, 0.05) is 25.7 Å². The molecule has 1 saturated carbocycles. The van der Waals surface area contributed by atoms with Gasteiger partial charge >= 0.3 is 0 Å².